The third-order valence-electron chi connectivity index (χ3n) is 2.10. The van der Waals surface area contributed by atoms with Crippen molar-refractivity contribution in [2.45, 2.75) is 26.7 Å². The van der Waals surface area contributed by atoms with Gasteiger partial charge >= 0.3 is 5.97 Å². The molecule has 0 aliphatic heterocycles. The van der Waals surface area contributed by atoms with Gasteiger partial charge < -0.3 is 10.4 Å². The summed E-state index contributed by atoms with van der Waals surface area (Å²) in [6, 6.07) is 1.49. The number of anilines is 1. The summed E-state index contributed by atoms with van der Waals surface area (Å²) in [7, 11) is 0. The van der Waals surface area contributed by atoms with Gasteiger partial charge in [0.2, 0.25) is 5.91 Å². The van der Waals surface area contributed by atoms with Crippen LogP contribution in [-0.4, -0.2) is 17.0 Å². The molecule has 0 spiro atoms. The van der Waals surface area contributed by atoms with E-state index in [2.05, 4.69) is 5.32 Å². The zero-order valence-electron chi connectivity index (χ0n) is 9.32. The average molecular weight is 241 g/mol. The van der Waals surface area contributed by atoms with Crippen molar-refractivity contribution in [3.63, 3.8) is 0 Å². The van der Waals surface area contributed by atoms with Crippen molar-refractivity contribution in [3.05, 3.63) is 17.0 Å². The lowest BCUT2D eigenvalue weighted by atomic mass is 10.1. The van der Waals surface area contributed by atoms with E-state index in [1.165, 1.54) is 17.4 Å². The van der Waals surface area contributed by atoms with Crippen LogP contribution < -0.4 is 5.32 Å². The van der Waals surface area contributed by atoms with Gasteiger partial charge in [0.05, 0.1) is 5.56 Å². The summed E-state index contributed by atoms with van der Waals surface area (Å²) in [4.78, 5) is 22.3. The fourth-order valence-electron chi connectivity index (χ4n) is 1.18. The smallest absolute Gasteiger partial charge is 0.338 e. The number of carboxylic acids is 1. The molecule has 0 saturated carbocycles. The number of carboxylic acid groups (broad SMARTS) is 1. The summed E-state index contributed by atoms with van der Waals surface area (Å²) in [6.45, 7) is 4.09. The topological polar surface area (TPSA) is 66.4 Å². The molecule has 4 nitrogen and oxygen atoms in total. The number of amides is 1. The molecule has 16 heavy (non-hydrogen) atoms. The first-order valence-corrected chi connectivity index (χ1v) is 5.99. The Morgan fingerprint density at radius 3 is 2.75 bits per heavy atom. The van der Waals surface area contributed by atoms with Crippen LogP contribution in [0.2, 0.25) is 0 Å². The van der Waals surface area contributed by atoms with E-state index in [0.29, 0.717) is 17.3 Å². The second-order valence-electron chi connectivity index (χ2n) is 3.95. The van der Waals surface area contributed by atoms with E-state index in [1.54, 1.807) is 5.38 Å². The maximum atomic E-state index is 11.5. The number of carbonyl (C=O) groups excluding carboxylic acids is 1. The van der Waals surface area contributed by atoms with Crippen molar-refractivity contribution in [2.24, 2.45) is 5.92 Å². The number of nitrogens with one attached hydrogen (secondary N) is 1. The van der Waals surface area contributed by atoms with Crippen LogP contribution in [0.4, 0.5) is 5.00 Å². The third-order valence-corrected chi connectivity index (χ3v) is 2.93. The van der Waals surface area contributed by atoms with E-state index in [1.807, 2.05) is 13.8 Å². The van der Waals surface area contributed by atoms with Gasteiger partial charge in [-0.05, 0) is 23.8 Å². The van der Waals surface area contributed by atoms with E-state index in [-0.39, 0.29) is 11.5 Å². The maximum Gasteiger partial charge on any atom is 0.338 e. The van der Waals surface area contributed by atoms with Gasteiger partial charge in [-0.1, -0.05) is 13.8 Å². The SMILES string of the molecule is CC(C)CCC(=O)Nc1sccc1C(=O)O. The van der Waals surface area contributed by atoms with Crippen LogP contribution in [0.5, 0.6) is 0 Å². The molecular formula is C11H15NO3S. The summed E-state index contributed by atoms with van der Waals surface area (Å²) in [6.07, 6.45) is 1.23. The molecule has 1 amide bonds. The van der Waals surface area contributed by atoms with Gasteiger partial charge in [-0.3, -0.25) is 4.79 Å². The summed E-state index contributed by atoms with van der Waals surface area (Å²) in [5.74, 6) is -0.674. The zero-order valence-corrected chi connectivity index (χ0v) is 10.1. The van der Waals surface area contributed by atoms with Gasteiger partial charge in [0, 0.05) is 6.42 Å². The van der Waals surface area contributed by atoms with Crippen LogP contribution in [0.1, 0.15) is 37.0 Å². The Bertz CT molecular complexity index is 384. The fourth-order valence-corrected chi connectivity index (χ4v) is 1.98. The lowest BCUT2D eigenvalue weighted by molar-refractivity contribution is -0.116. The lowest BCUT2D eigenvalue weighted by Gasteiger charge is -2.05. The predicted octanol–water partition coefficient (Wildman–Crippen LogP) is 2.82. The minimum Gasteiger partial charge on any atom is -0.478 e. The van der Waals surface area contributed by atoms with E-state index in [9.17, 15) is 9.59 Å². The van der Waals surface area contributed by atoms with Crippen molar-refractivity contribution < 1.29 is 14.7 Å². The highest BCUT2D eigenvalue weighted by Crippen LogP contribution is 2.23. The molecule has 0 bridgehead atoms. The molecule has 2 N–H and O–H groups in total. The quantitative estimate of drug-likeness (QED) is 0.833. The summed E-state index contributed by atoms with van der Waals surface area (Å²) >= 11 is 1.23. The number of aromatic carboxylic acids is 1. The van der Waals surface area contributed by atoms with Crippen molar-refractivity contribution in [2.75, 3.05) is 5.32 Å². The van der Waals surface area contributed by atoms with E-state index >= 15 is 0 Å². The molecule has 88 valence electrons. The number of hydrogen-bond acceptors (Lipinski definition) is 3. The molecule has 1 rings (SSSR count). The largest absolute Gasteiger partial charge is 0.478 e. The van der Waals surface area contributed by atoms with Crippen LogP contribution in [0.25, 0.3) is 0 Å². The van der Waals surface area contributed by atoms with Crippen LogP contribution in [0.15, 0.2) is 11.4 Å². The second-order valence-corrected chi connectivity index (χ2v) is 4.87. The molecule has 0 atom stereocenters. The number of thiophene rings is 1. The number of carbonyl (C=O) groups is 2. The van der Waals surface area contributed by atoms with Crippen molar-refractivity contribution >= 4 is 28.2 Å². The molecule has 0 aromatic carbocycles. The molecule has 0 saturated heterocycles. The molecule has 0 aliphatic carbocycles. The average Bonchev–Trinajstić information content (AvgIpc) is 2.62. The zero-order chi connectivity index (χ0) is 12.1. The molecule has 0 aliphatic rings. The first kappa shape index (κ1) is 12.7. The van der Waals surface area contributed by atoms with Crippen LogP contribution >= 0.6 is 11.3 Å². The minimum atomic E-state index is -1.01. The molecule has 0 unspecified atom stereocenters. The molecule has 1 aromatic heterocycles. The van der Waals surface area contributed by atoms with Gasteiger partial charge in [-0.15, -0.1) is 11.3 Å². The maximum absolute atomic E-state index is 11.5. The standard InChI is InChI=1S/C11H15NO3S/c1-7(2)3-4-9(13)12-10-8(11(14)15)5-6-16-10/h5-7H,3-4H2,1-2H3,(H,12,13)(H,14,15). The monoisotopic (exact) mass is 241 g/mol. The molecule has 0 fully saturated rings. The Labute approximate surface area is 98.3 Å². The van der Waals surface area contributed by atoms with Crippen molar-refractivity contribution in [1.82, 2.24) is 0 Å². The molecular weight excluding hydrogens is 226 g/mol. The Morgan fingerprint density at radius 1 is 1.50 bits per heavy atom. The first-order valence-electron chi connectivity index (χ1n) is 5.11. The Hall–Kier alpha value is -1.36. The van der Waals surface area contributed by atoms with Crippen LogP contribution in [0.3, 0.4) is 0 Å². The van der Waals surface area contributed by atoms with Gasteiger partial charge in [0.1, 0.15) is 5.00 Å². The predicted molar refractivity (Wildman–Crippen MR) is 64.0 cm³/mol. The fraction of sp³-hybridized carbons (Fsp3) is 0.455. The van der Waals surface area contributed by atoms with E-state index in [0.717, 1.165) is 6.42 Å². The highest BCUT2D eigenvalue weighted by atomic mass is 32.1. The molecule has 1 aromatic rings. The summed E-state index contributed by atoms with van der Waals surface area (Å²) < 4.78 is 0. The summed E-state index contributed by atoms with van der Waals surface area (Å²) in [5, 5.41) is 13.5. The second kappa shape index (κ2) is 5.65. The third kappa shape index (κ3) is 3.66. The van der Waals surface area contributed by atoms with Crippen molar-refractivity contribution in [1.29, 1.82) is 0 Å². The molecule has 1 heterocycles. The van der Waals surface area contributed by atoms with Gasteiger partial charge in [-0.25, -0.2) is 4.79 Å². The molecule has 0 radical (unpaired) electrons. The lowest BCUT2D eigenvalue weighted by Crippen LogP contribution is -2.13. The van der Waals surface area contributed by atoms with Gasteiger partial charge in [0.15, 0.2) is 0 Å². The minimum absolute atomic E-state index is 0.126. The number of hydrogen-bond donors (Lipinski definition) is 2. The first-order chi connectivity index (χ1) is 7.50. The van der Waals surface area contributed by atoms with Gasteiger partial charge in [-0.2, -0.15) is 0 Å². The Kier molecular flexibility index (Phi) is 4.49. The Balaban J connectivity index is 2.56. The molecule has 5 heteroatoms. The van der Waals surface area contributed by atoms with E-state index < -0.39 is 5.97 Å². The Morgan fingerprint density at radius 2 is 2.19 bits per heavy atom. The highest BCUT2D eigenvalue weighted by Gasteiger charge is 2.13. The van der Waals surface area contributed by atoms with Gasteiger partial charge in [0.25, 0.3) is 0 Å². The highest BCUT2D eigenvalue weighted by molar-refractivity contribution is 7.14. The normalized spacial score (nSPS) is 10.4. The van der Waals surface area contributed by atoms with E-state index in [4.69, 9.17) is 5.11 Å². The van der Waals surface area contributed by atoms with Crippen LogP contribution in [0, 0.1) is 5.92 Å². The number of rotatable bonds is 5. The van der Waals surface area contributed by atoms with Crippen molar-refractivity contribution in [3.8, 4) is 0 Å². The summed E-state index contributed by atoms with van der Waals surface area (Å²) in [5.41, 5.74) is 0.155. The van der Waals surface area contributed by atoms with Crippen LogP contribution in [-0.2, 0) is 4.79 Å².